The van der Waals surface area contributed by atoms with Crippen molar-refractivity contribution < 1.29 is 9.59 Å². The highest BCUT2D eigenvalue weighted by Crippen LogP contribution is 2.12. The Balaban J connectivity index is 1.98. The summed E-state index contributed by atoms with van der Waals surface area (Å²) in [5, 5.41) is 4.44. The molecule has 1 N–H and O–H groups in total. The number of piperazine rings is 1. The Labute approximate surface area is 116 Å². The minimum absolute atomic E-state index is 0.144. The average Bonchev–Trinajstić information content (AvgIpc) is 2.49. The normalized spacial score (nSPS) is 18.1. The average molecular weight is 269 g/mol. The van der Waals surface area contributed by atoms with E-state index in [-0.39, 0.29) is 17.3 Å². The Bertz CT molecular complexity index is 715. The summed E-state index contributed by atoms with van der Waals surface area (Å²) in [6.45, 7) is 6.59. The molecule has 0 radical (unpaired) electrons. The maximum absolute atomic E-state index is 12.4. The first-order chi connectivity index (χ1) is 9.68. The Morgan fingerprint density at radius 1 is 1.30 bits per heavy atom. The molecule has 1 amide bonds. The fourth-order valence-corrected chi connectivity index (χ4v) is 2.45. The van der Waals surface area contributed by atoms with Gasteiger partial charge in [-0.15, -0.1) is 0 Å². The summed E-state index contributed by atoms with van der Waals surface area (Å²) in [6, 6.07) is 5.24. The summed E-state index contributed by atoms with van der Waals surface area (Å²) in [5.74, 6) is -0.496. The predicted molar refractivity (Wildman–Crippen MR) is 74.6 cm³/mol. The van der Waals surface area contributed by atoms with Gasteiger partial charge in [-0.2, -0.15) is 0 Å². The molecule has 5 nitrogen and oxygen atoms in total. The van der Waals surface area contributed by atoms with E-state index in [2.05, 4.69) is 16.9 Å². The number of nitrogens with one attached hydrogen (secondary N) is 1. The van der Waals surface area contributed by atoms with Crippen molar-refractivity contribution in [2.45, 2.75) is 0 Å². The van der Waals surface area contributed by atoms with Crippen molar-refractivity contribution in [1.82, 2.24) is 10.2 Å². The van der Waals surface area contributed by atoms with E-state index in [1.807, 2.05) is 0 Å². The van der Waals surface area contributed by atoms with E-state index in [9.17, 15) is 9.59 Å². The number of nitrogens with zero attached hydrogens (tertiary/aromatic N) is 2. The molecule has 0 aliphatic carbocycles. The van der Waals surface area contributed by atoms with Crippen LogP contribution in [0.2, 0.25) is 0 Å². The van der Waals surface area contributed by atoms with E-state index in [0.717, 1.165) is 13.1 Å². The third-order valence-corrected chi connectivity index (χ3v) is 3.57. The number of Topliss-reactive ketones (excluding diaryl/α,β-unsaturated/α-hetero) is 1. The highest BCUT2D eigenvalue weighted by molar-refractivity contribution is 6.25. The van der Waals surface area contributed by atoms with E-state index in [4.69, 9.17) is 0 Å². The van der Waals surface area contributed by atoms with Crippen molar-refractivity contribution in [3.63, 3.8) is 0 Å². The van der Waals surface area contributed by atoms with Gasteiger partial charge in [-0.1, -0.05) is 18.7 Å². The lowest BCUT2D eigenvalue weighted by Gasteiger charge is -2.28. The maximum Gasteiger partial charge on any atom is 0.259 e. The van der Waals surface area contributed by atoms with Crippen molar-refractivity contribution in [3.05, 3.63) is 46.1 Å². The van der Waals surface area contributed by atoms with Gasteiger partial charge in [0, 0.05) is 37.9 Å². The zero-order valence-electron chi connectivity index (χ0n) is 11.1. The second-order valence-corrected chi connectivity index (χ2v) is 4.86. The molecule has 5 heteroatoms. The fraction of sp³-hybridized carbons (Fsp3) is 0.267. The summed E-state index contributed by atoms with van der Waals surface area (Å²) in [7, 11) is 0. The maximum atomic E-state index is 12.4. The number of ketones is 1. The summed E-state index contributed by atoms with van der Waals surface area (Å²) in [5.41, 5.74) is 0.600. The number of carbonyl (C=O) groups excluding carboxylic acids is 2. The smallest absolute Gasteiger partial charge is 0.259 e. The van der Waals surface area contributed by atoms with E-state index < -0.39 is 0 Å². The SMILES string of the molecule is C=c1cccc2c1=NC=C(C(=O)N1CCNCC1)C2=O. The molecular weight excluding hydrogens is 254 g/mol. The van der Waals surface area contributed by atoms with Gasteiger partial charge < -0.3 is 10.2 Å². The molecule has 3 rings (SSSR count). The number of hydrogen-bond donors (Lipinski definition) is 1. The van der Waals surface area contributed by atoms with Gasteiger partial charge in [0.2, 0.25) is 5.78 Å². The van der Waals surface area contributed by atoms with Crippen molar-refractivity contribution in [2.24, 2.45) is 4.99 Å². The molecule has 0 aromatic heterocycles. The van der Waals surface area contributed by atoms with Crippen LogP contribution in [0.5, 0.6) is 0 Å². The lowest BCUT2D eigenvalue weighted by Crippen LogP contribution is -2.48. The molecule has 20 heavy (non-hydrogen) atoms. The van der Waals surface area contributed by atoms with Crippen molar-refractivity contribution in [1.29, 1.82) is 0 Å². The predicted octanol–water partition coefficient (Wildman–Crippen LogP) is -0.771. The number of carbonyl (C=O) groups is 2. The number of hydrogen-bond acceptors (Lipinski definition) is 4. The van der Waals surface area contributed by atoms with Gasteiger partial charge in [0.1, 0.15) is 5.57 Å². The molecule has 2 aliphatic heterocycles. The van der Waals surface area contributed by atoms with Crippen LogP contribution in [-0.4, -0.2) is 42.8 Å². The topological polar surface area (TPSA) is 61.8 Å². The molecule has 0 unspecified atom stereocenters. The third-order valence-electron chi connectivity index (χ3n) is 3.57. The van der Waals surface area contributed by atoms with Gasteiger partial charge in [0.15, 0.2) is 0 Å². The lowest BCUT2D eigenvalue weighted by atomic mass is 9.99. The monoisotopic (exact) mass is 269 g/mol. The van der Waals surface area contributed by atoms with E-state index in [1.165, 1.54) is 6.20 Å². The summed E-state index contributed by atoms with van der Waals surface area (Å²) >= 11 is 0. The first-order valence-electron chi connectivity index (χ1n) is 6.59. The Kier molecular flexibility index (Phi) is 3.20. The van der Waals surface area contributed by atoms with Crippen LogP contribution in [0.4, 0.5) is 0 Å². The van der Waals surface area contributed by atoms with Crippen molar-refractivity contribution >= 4 is 18.3 Å². The van der Waals surface area contributed by atoms with Gasteiger partial charge in [-0.3, -0.25) is 14.6 Å². The third kappa shape index (κ3) is 2.06. The van der Waals surface area contributed by atoms with Crippen LogP contribution in [0.3, 0.4) is 0 Å². The Morgan fingerprint density at radius 3 is 2.80 bits per heavy atom. The molecule has 2 aliphatic rings. The van der Waals surface area contributed by atoms with Crippen LogP contribution < -0.4 is 15.9 Å². The molecule has 0 bridgehead atoms. The van der Waals surface area contributed by atoms with Gasteiger partial charge in [-0.05, 0) is 11.3 Å². The van der Waals surface area contributed by atoms with Crippen LogP contribution in [0.15, 0.2) is 35.0 Å². The highest BCUT2D eigenvalue weighted by Gasteiger charge is 2.28. The van der Waals surface area contributed by atoms with Crippen LogP contribution in [0.1, 0.15) is 10.4 Å². The summed E-state index contributed by atoms with van der Waals surface area (Å²) < 4.78 is 0. The molecular formula is C15H15N3O2. The minimum Gasteiger partial charge on any atom is -0.336 e. The highest BCUT2D eigenvalue weighted by atomic mass is 16.2. The molecule has 0 spiro atoms. The minimum atomic E-state index is -0.260. The van der Waals surface area contributed by atoms with E-state index >= 15 is 0 Å². The number of benzene rings is 1. The molecule has 2 heterocycles. The number of para-hydroxylation sites is 1. The molecule has 0 saturated carbocycles. The summed E-state index contributed by atoms with van der Waals surface area (Å²) in [4.78, 5) is 30.7. The lowest BCUT2D eigenvalue weighted by molar-refractivity contribution is -0.127. The first-order valence-corrected chi connectivity index (χ1v) is 6.59. The van der Waals surface area contributed by atoms with Gasteiger partial charge in [-0.25, -0.2) is 0 Å². The standard InChI is InChI=1S/C15H15N3O2/c1-10-3-2-4-11-13(10)17-9-12(14(11)19)15(20)18-7-5-16-6-8-18/h2-4,9,16H,1,5-8H2. The van der Waals surface area contributed by atoms with Gasteiger partial charge in [0.05, 0.1) is 5.36 Å². The van der Waals surface area contributed by atoms with Crippen LogP contribution in [0.25, 0.3) is 6.58 Å². The van der Waals surface area contributed by atoms with Crippen molar-refractivity contribution in [2.75, 3.05) is 26.2 Å². The van der Waals surface area contributed by atoms with E-state index in [1.54, 1.807) is 23.1 Å². The quantitative estimate of drug-likeness (QED) is 0.681. The Hall–Kier alpha value is -2.27. The summed E-state index contributed by atoms with van der Waals surface area (Å²) in [6.07, 6.45) is 1.38. The molecule has 1 fully saturated rings. The van der Waals surface area contributed by atoms with Crippen LogP contribution in [0, 0.1) is 0 Å². The second-order valence-electron chi connectivity index (χ2n) is 4.86. The van der Waals surface area contributed by atoms with Crippen molar-refractivity contribution in [3.8, 4) is 0 Å². The second kappa shape index (κ2) is 5.02. The molecule has 1 saturated heterocycles. The molecule has 1 aromatic rings. The largest absolute Gasteiger partial charge is 0.336 e. The first kappa shape index (κ1) is 12.7. The Morgan fingerprint density at radius 2 is 2.05 bits per heavy atom. The van der Waals surface area contributed by atoms with Gasteiger partial charge >= 0.3 is 0 Å². The van der Waals surface area contributed by atoms with Crippen LogP contribution >= 0.6 is 0 Å². The molecule has 102 valence electrons. The zero-order valence-corrected chi connectivity index (χ0v) is 11.1. The molecule has 1 aromatic carbocycles. The number of amides is 1. The van der Waals surface area contributed by atoms with Crippen LogP contribution in [-0.2, 0) is 4.79 Å². The zero-order chi connectivity index (χ0) is 14.1. The number of fused-ring (bicyclic) bond motifs is 1. The van der Waals surface area contributed by atoms with E-state index in [0.29, 0.717) is 29.2 Å². The van der Waals surface area contributed by atoms with Gasteiger partial charge in [0.25, 0.3) is 5.91 Å². The number of rotatable bonds is 1. The fourth-order valence-electron chi connectivity index (χ4n) is 2.45. The molecule has 0 atom stereocenters.